The summed E-state index contributed by atoms with van der Waals surface area (Å²) in [4.78, 5) is 15.9. The third-order valence-corrected chi connectivity index (χ3v) is 2.92. The maximum Gasteiger partial charge on any atom is 0.340 e. The van der Waals surface area contributed by atoms with Gasteiger partial charge in [-0.3, -0.25) is 4.99 Å². The molecule has 0 saturated carbocycles. The van der Waals surface area contributed by atoms with Crippen molar-refractivity contribution in [2.75, 3.05) is 40.6 Å². The number of hydrogen-bond acceptors (Lipinski definition) is 7. The van der Waals surface area contributed by atoms with E-state index in [9.17, 15) is 4.79 Å². The first kappa shape index (κ1) is 19.1. The van der Waals surface area contributed by atoms with Crippen LogP contribution in [0.2, 0.25) is 0 Å². The van der Waals surface area contributed by atoms with Crippen LogP contribution in [0.15, 0.2) is 23.2 Å². The van der Waals surface area contributed by atoms with Crippen molar-refractivity contribution in [2.24, 2.45) is 4.99 Å². The number of carbonyl (C=O) groups is 1. The van der Waals surface area contributed by atoms with Crippen molar-refractivity contribution in [1.82, 2.24) is 0 Å². The molecule has 0 spiro atoms. The van der Waals surface area contributed by atoms with Gasteiger partial charge >= 0.3 is 5.97 Å². The number of rotatable bonds is 10. The lowest BCUT2D eigenvalue weighted by Gasteiger charge is -2.12. The van der Waals surface area contributed by atoms with Gasteiger partial charge in [0.1, 0.15) is 0 Å². The van der Waals surface area contributed by atoms with Crippen LogP contribution in [-0.2, 0) is 14.3 Å². The number of methoxy groups -OCH3 is 2. The number of aliphatic hydroxyl groups is 1. The molecule has 23 heavy (non-hydrogen) atoms. The molecule has 1 aromatic carbocycles. The molecule has 0 aromatic heterocycles. The Morgan fingerprint density at radius 2 is 2.09 bits per heavy atom. The van der Waals surface area contributed by atoms with E-state index < -0.39 is 12.1 Å². The van der Waals surface area contributed by atoms with Crippen LogP contribution < -0.4 is 9.47 Å². The summed E-state index contributed by atoms with van der Waals surface area (Å²) < 4.78 is 20.5. The fraction of sp³-hybridized carbons (Fsp3) is 0.500. The summed E-state index contributed by atoms with van der Waals surface area (Å²) in [6.45, 7) is 2.85. The highest BCUT2D eigenvalue weighted by molar-refractivity contribution is 5.82. The van der Waals surface area contributed by atoms with Gasteiger partial charge in [-0.1, -0.05) is 0 Å². The third-order valence-electron chi connectivity index (χ3n) is 2.92. The normalized spacial score (nSPS) is 12.3. The van der Waals surface area contributed by atoms with E-state index in [1.54, 1.807) is 31.3 Å². The molecule has 0 amide bonds. The summed E-state index contributed by atoms with van der Waals surface area (Å²) in [6.07, 6.45) is 1.02. The van der Waals surface area contributed by atoms with Crippen LogP contribution in [0.1, 0.15) is 12.5 Å². The van der Waals surface area contributed by atoms with Crippen LogP contribution >= 0.6 is 0 Å². The molecule has 7 heteroatoms. The monoisotopic (exact) mass is 325 g/mol. The van der Waals surface area contributed by atoms with Gasteiger partial charge in [-0.25, -0.2) is 4.79 Å². The predicted molar refractivity (Wildman–Crippen MR) is 85.5 cm³/mol. The first-order valence-corrected chi connectivity index (χ1v) is 7.23. The Hall–Kier alpha value is -1.96. The first-order chi connectivity index (χ1) is 11.1. The average molecular weight is 325 g/mol. The summed E-state index contributed by atoms with van der Waals surface area (Å²) in [5.41, 5.74) is 0.809. The molecule has 0 heterocycles. The number of benzene rings is 1. The molecule has 1 N–H and O–H groups in total. The molecule has 0 aliphatic carbocycles. The van der Waals surface area contributed by atoms with E-state index in [4.69, 9.17) is 24.1 Å². The van der Waals surface area contributed by atoms with E-state index in [0.717, 1.165) is 5.56 Å². The Kier molecular flexibility index (Phi) is 8.89. The van der Waals surface area contributed by atoms with Gasteiger partial charge in [0.25, 0.3) is 0 Å². The van der Waals surface area contributed by atoms with E-state index >= 15 is 0 Å². The summed E-state index contributed by atoms with van der Waals surface area (Å²) in [5, 5.41) is 8.58. The van der Waals surface area contributed by atoms with Crippen molar-refractivity contribution in [2.45, 2.75) is 13.0 Å². The number of ether oxygens (including phenoxy) is 4. The molecule has 7 nitrogen and oxygen atoms in total. The van der Waals surface area contributed by atoms with Gasteiger partial charge < -0.3 is 24.1 Å². The van der Waals surface area contributed by atoms with Crippen LogP contribution in [0.3, 0.4) is 0 Å². The zero-order valence-electron chi connectivity index (χ0n) is 13.7. The van der Waals surface area contributed by atoms with Gasteiger partial charge in [0.15, 0.2) is 17.6 Å². The summed E-state index contributed by atoms with van der Waals surface area (Å²) in [7, 11) is 2.93. The van der Waals surface area contributed by atoms with Gasteiger partial charge in [-0.05, 0) is 30.7 Å². The van der Waals surface area contributed by atoms with Crippen molar-refractivity contribution in [3.8, 4) is 11.5 Å². The highest BCUT2D eigenvalue weighted by Gasteiger charge is 2.16. The van der Waals surface area contributed by atoms with Crippen molar-refractivity contribution in [3.05, 3.63) is 23.8 Å². The Morgan fingerprint density at radius 1 is 1.30 bits per heavy atom. The van der Waals surface area contributed by atoms with Crippen LogP contribution in [0.5, 0.6) is 11.5 Å². The molecule has 0 unspecified atom stereocenters. The topological polar surface area (TPSA) is 86.6 Å². The molecular weight excluding hydrogens is 302 g/mol. The summed E-state index contributed by atoms with van der Waals surface area (Å²) in [5.74, 6) is 0.264. The zero-order valence-corrected chi connectivity index (χ0v) is 13.7. The van der Waals surface area contributed by atoms with E-state index in [-0.39, 0.29) is 6.61 Å². The van der Waals surface area contributed by atoms with E-state index in [1.165, 1.54) is 14.2 Å². The second kappa shape index (κ2) is 10.7. The number of hydrogen-bond donors (Lipinski definition) is 1. The van der Waals surface area contributed by atoms with Gasteiger partial charge in [0.2, 0.25) is 0 Å². The zero-order chi connectivity index (χ0) is 17.1. The molecule has 0 radical (unpaired) electrons. The number of carbonyl (C=O) groups excluding carboxylic acids is 1. The maximum atomic E-state index is 11.7. The maximum absolute atomic E-state index is 11.7. The van der Waals surface area contributed by atoms with Gasteiger partial charge in [-0.15, -0.1) is 0 Å². The molecule has 0 aliphatic heterocycles. The smallest absolute Gasteiger partial charge is 0.340 e. The Labute approximate surface area is 135 Å². The molecule has 0 aliphatic rings. The molecule has 1 atom stereocenters. The first-order valence-electron chi connectivity index (χ1n) is 7.23. The number of esters is 1. The Morgan fingerprint density at radius 3 is 2.74 bits per heavy atom. The van der Waals surface area contributed by atoms with E-state index in [2.05, 4.69) is 4.99 Å². The van der Waals surface area contributed by atoms with Crippen LogP contribution in [-0.4, -0.2) is 64.0 Å². The average Bonchev–Trinajstić information content (AvgIpc) is 2.58. The van der Waals surface area contributed by atoms with Crippen molar-refractivity contribution in [1.29, 1.82) is 0 Å². The minimum atomic E-state index is -0.653. The Balaban J connectivity index is 2.65. The molecule has 0 saturated heterocycles. The minimum absolute atomic E-state index is 0.00276. The van der Waals surface area contributed by atoms with E-state index in [0.29, 0.717) is 31.3 Å². The summed E-state index contributed by atoms with van der Waals surface area (Å²) >= 11 is 0. The standard InChI is InChI=1S/C16H23NO6/c1-12(20-2)16(19)23-14-5-4-13(10-15(14)21-3)11-17-6-8-22-9-7-18/h4-5,10-12,18H,6-9H2,1-3H3/t12-/m0/s1. The summed E-state index contributed by atoms with van der Waals surface area (Å²) in [6, 6.07) is 5.13. The highest BCUT2D eigenvalue weighted by Crippen LogP contribution is 2.28. The van der Waals surface area contributed by atoms with E-state index in [1.807, 2.05) is 0 Å². The van der Waals surface area contributed by atoms with Gasteiger partial charge in [-0.2, -0.15) is 0 Å². The van der Waals surface area contributed by atoms with Crippen LogP contribution in [0, 0.1) is 0 Å². The second-order valence-electron chi connectivity index (χ2n) is 4.58. The molecule has 1 aromatic rings. The van der Waals surface area contributed by atoms with Crippen molar-refractivity contribution >= 4 is 12.2 Å². The number of aliphatic hydroxyl groups excluding tert-OH is 1. The largest absolute Gasteiger partial charge is 0.493 e. The highest BCUT2D eigenvalue weighted by atomic mass is 16.6. The third kappa shape index (κ3) is 6.77. The lowest BCUT2D eigenvalue weighted by Crippen LogP contribution is -2.24. The van der Waals surface area contributed by atoms with Crippen LogP contribution in [0.25, 0.3) is 0 Å². The van der Waals surface area contributed by atoms with Crippen molar-refractivity contribution < 1.29 is 28.8 Å². The van der Waals surface area contributed by atoms with Crippen LogP contribution in [0.4, 0.5) is 0 Å². The molecule has 1 rings (SSSR count). The lowest BCUT2D eigenvalue weighted by molar-refractivity contribution is -0.144. The molecule has 128 valence electrons. The number of nitrogens with zero attached hydrogens (tertiary/aromatic N) is 1. The molecular formula is C16H23NO6. The second-order valence-corrected chi connectivity index (χ2v) is 4.58. The lowest BCUT2D eigenvalue weighted by atomic mass is 10.2. The predicted octanol–water partition coefficient (Wildman–Crippen LogP) is 1.06. The molecule has 0 bridgehead atoms. The molecule has 0 fully saturated rings. The van der Waals surface area contributed by atoms with Crippen molar-refractivity contribution in [3.63, 3.8) is 0 Å². The fourth-order valence-corrected chi connectivity index (χ4v) is 1.59. The Bertz CT molecular complexity index is 517. The van der Waals surface area contributed by atoms with Gasteiger partial charge in [0, 0.05) is 13.3 Å². The number of aliphatic imine (C=N–C) groups is 1. The van der Waals surface area contributed by atoms with Gasteiger partial charge in [0.05, 0.1) is 33.5 Å². The SMILES string of the molecule is COc1cc(C=NCCOCCO)ccc1OC(=O)[C@H](C)OC. The minimum Gasteiger partial charge on any atom is -0.493 e. The fourth-order valence-electron chi connectivity index (χ4n) is 1.59. The quantitative estimate of drug-likeness (QED) is 0.300.